The number of hydrogen-bond acceptors (Lipinski definition) is 1. The second-order valence-corrected chi connectivity index (χ2v) is 4.05. The fraction of sp³-hybridized carbons (Fsp3) is 0.455. The molecule has 0 bridgehead atoms. The Labute approximate surface area is 87.9 Å². The first-order valence-electron chi connectivity index (χ1n) is 4.68. The number of benzene rings is 1. The fourth-order valence-corrected chi connectivity index (χ4v) is 1.97. The average molecular weight is 243 g/mol. The lowest BCUT2D eigenvalue weighted by molar-refractivity contribution is 0.454. The molecule has 0 radical (unpaired) electrons. The van der Waals surface area contributed by atoms with Gasteiger partial charge in [-0.25, -0.2) is 0 Å². The third-order valence-electron chi connectivity index (χ3n) is 2.44. The van der Waals surface area contributed by atoms with Crippen LogP contribution in [0.25, 0.3) is 0 Å². The quantitative estimate of drug-likeness (QED) is 0.848. The Hall–Kier alpha value is -0.500. The van der Waals surface area contributed by atoms with Crippen LogP contribution in [0, 0.1) is 0 Å². The smallest absolute Gasteiger partial charge is 0.133 e. The second kappa shape index (κ2) is 4.66. The van der Waals surface area contributed by atoms with Gasteiger partial charge in [-0.15, -0.1) is 0 Å². The first-order chi connectivity index (χ1) is 6.20. The van der Waals surface area contributed by atoms with E-state index in [0.29, 0.717) is 11.7 Å². The van der Waals surface area contributed by atoms with Crippen molar-refractivity contribution < 1.29 is 5.11 Å². The first kappa shape index (κ1) is 10.6. The number of phenols is 1. The minimum atomic E-state index is 0.399. The van der Waals surface area contributed by atoms with Crippen molar-refractivity contribution in [2.75, 3.05) is 0 Å². The maximum absolute atomic E-state index is 9.78. The maximum Gasteiger partial charge on any atom is 0.133 e. The van der Waals surface area contributed by atoms with Gasteiger partial charge in [-0.1, -0.05) is 26.0 Å². The molecular formula is C11H15BrO. The molecule has 0 spiro atoms. The third kappa shape index (κ3) is 2.25. The monoisotopic (exact) mass is 242 g/mol. The average Bonchev–Trinajstić information content (AvgIpc) is 2.14. The van der Waals surface area contributed by atoms with E-state index in [0.717, 1.165) is 22.9 Å². The zero-order valence-electron chi connectivity index (χ0n) is 8.05. The molecule has 1 N–H and O–H groups in total. The lowest BCUT2D eigenvalue weighted by Crippen LogP contribution is -1.95. The Morgan fingerprint density at radius 1 is 1.31 bits per heavy atom. The van der Waals surface area contributed by atoms with Crippen molar-refractivity contribution in [2.45, 2.75) is 32.6 Å². The Bertz CT molecular complexity index is 279. The molecule has 0 atom stereocenters. The van der Waals surface area contributed by atoms with Gasteiger partial charge in [0, 0.05) is 0 Å². The molecule has 0 saturated carbocycles. The van der Waals surface area contributed by atoms with Crippen molar-refractivity contribution in [2.24, 2.45) is 0 Å². The SMILES string of the molecule is CCC(CC)c1cccc(Br)c1O. The highest BCUT2D eigenvalue weighted by Crippen LogP contribution is 2.35. The summed E-state index contributed by atoms with van der Waals surface area (Å²) in [6, 6.07) is 5.83. The summed E-state index contributed by atoms with van der Waals surface area (Å²) in [5.74, 6) is 0.869. The standard InChI is InChI=1S/C11H15BrO/c1-3-8(4-2)9-6-5-7-10(12)11(9)13/h5-8,13H,3-4H2,1-2H3. The van der Waals surface area contributed by atoms with Crippen LogP contribution < -0.4 is 0 Å². The van der Waals surface area contributed by atoms with E-state index in [2.05, 4.69) is 29.8 Å². The number of aromatic hydroxyl groups is 1. The van der Waals surface area contributed by atoms with Gasteiger partial charge in [0.25, 0.3) is 0 Å². The Morgan fingerprint density at radius 2 is 1.92 bits per heavy atom. The van der Waals surface area contributed by atoms with E-state index in [1.165, 1.54) is 0 Å². The van der Waals surface area contributed by atoms with Gasteiger partial charge in [0.15, 0.2) is 0 Å². The Balaban J connectivity index is 3.05. The lowest BCUT2D eigenvalue weighted by atomic mass is 9.93. The van der Waals surface area contributed by atoms with Crippen LogP contribution in [0.3, 0.4) is 0 Å². The summed E-state index contributed by atoms with van der Waals surface area (Å²) in [7, 11) is 0. The van der Waals surface area contributed by atoms with Crippen molar-refractivity contribution in [3.63, 3.8) is 0 Å². The van der Waals surface area contributed by atoms with Crippen molar-refractivity contribution in [1.82, 2.24) is 0 Å². The summed E-state index contributed by atoms with van der Waals surface area (Å²) in [6.07, 6.45) is 2.14. The third-order valence-corrected chi connectivity index (χ3v) is 3.08. The van der Waals surface area contributed by atoms with E-state index in [-0.39, 0.29) is 0 Å². The van der Waals surface area contributed by atoms with E-state index in [1.807, 2.05) is 18.2 Å². The molecule has 0 fully saturated rings. The number of hydrogen-bond donors (Lipinski definition) is 1. The highest BCUT2D eigenvalue weighted by Gasteiger charge is 2.12. The molecule has 0 heterocycles. The number of rotatable bonds is 3. The molecular weight excluding hydrogens is 228 g/mol. The van der Waals surface area contributed by atoms with Gasteiger partial charge >= 0.3 is 0 Å². The summed E-state index contributed by atoms with van der Waals surface area (Å²) in [5.41, 5.74) is 1.05. The zero-order valence-corrected chi connectivity index (χ0v) is 9.63. The van der Waals surface area contributed by atoms with Crippen molar-refractivity contribution >= 4 is 15.9 Å². The van der Waals surface area contributed by atoms with Crippen LogP contribution in [0.15, 0.2) is 22.7 Å². The minimum absolute atomic E-state index is 0.399. The Kier molecular flexibility index (Phi) is 3.79. The molecule has 0 amide bonds. The van der Waals surface area contributed by atoms with Crippen molar-refractivity contribution in [3.05, 3.63) is 28.2 Å². The van der Waals surface area contributed by atoms with Crippen LogP contribution in [0.4, 0.5) is 0 Å². The first-order valence-corrected chi connectivity index (χ1v) is 5.47. The molecule has 0 saturated heterocycles. The summed E-state index contributed by atoms with van der Waals surface area (Å²) < 4.78 is 0.789. The predicted octanol–water partition coefficient (Wildman–Crippen LogP) is 4.06. The largest absolute Gasteiger partial charge is 0.506 e. The number of halogens is 1. The van der Waals surface area contributed by atoms with E-state index >= 15 is 0 Å². The second-order valence-electron chi connectivity index (χ2n) is 3.19. The highest BCUT2D eigenvalue weighted by atomic mass is 79.9. The molecule has 13 heavy (non-hydrogen) atoms. The van der Waals surface area contributed by atoms with Crippen LogP contribution in [0.1, 0.15) is 38.2 Å². The van der Waals surface area contributed by atoms with E-state index in [9.17, 15) is 5.11 Å². The van der Waals surface area contributed by atoms with Gasteiger partial charge in [-0.05, 0) is 46.3 Å². The normalized spacial score (nSPS) is 10.8. The summed E-state index contributed by atoms with van der Waals surface area (Å²) in [4.78, 5) is 0. The molecule has 1 aromatic carbocycles. The summed E-state index contributed by atoms with van der Waals surface area (Å²) >= 11 is 3.32. The van der Waals surface area contributed by atoms with Gasteiger partial charge in [-0.3, -0.25) is 0 Å². The molecule has 0 aliphatic heterocycles. The van der Waals surface area contributed by atoms with Gasteiger partial charge < -0.3 is 5.11 Å². The topological polar surface area (TPSA) is 20.2 Å². The molecule has 0 aliphatic rings. The zero-order chi connectivity index (χ0) is 9.84. The Morgan fingerprint density at radius 3 is 2.46 bits per heavy atom. The highest BCUT2D eigenvalue weighted by molar-refractivity contribution is 9.10. The predicted molar refractivity (Wildman–Crippen MR) is 59.1 cm³/mol. The number of para-hydroxylation sites is 1. The fourth-order valence-electron chi connectivity index (χ4n) is 1.59. The van der Waals surface area contributed by atoms with E-state index in [4.69, 9.17) is 0 Å². The van der Waals surface area contributed by atoms with Crippen LogP contribution in [0.2, 0.25) is 0 Å². The van der Waals surface area contributed by atoms with E-state index in [1.54, 1.807) is 0 Å². The molecule has 2 heteroatoms. The van der Waals surface area contributed by atoms with Crippen molar-refractivity contribution in [1.29, 1.82) is 0 Å². The molecule has 1 rings (SSSR count). The minimum Gasteiger partial charge on any atom is -0.506 e. The van der Waals surface area contributed by atoms with Crippen molar-refractivity contribution in [3.8, 4) is 5.75 Å². The lowest BCUT2D eigenvalue weighted by Gasteiger charge is -2.14. The van der Waals surface area contributed by atoms with Gasteiger partial charge in [0.2, 0.25) is 0 Å². The van der Waals surface area contributed by atoms with Crippen LogP contribution >= 0.6 is 15.9 Å². The molecule has 1 aromatic rings. The van der Waals surface area contributed by atoms with Gasteiger partial charge in [0.1, 0.15) is 5.75 Å². The molecule has 72 valence electrons. The van der Waals surface area contributed by atoms with Crippen LogP contribution in [0.5, 0.6) is 5.75 Å². The van der Waals surface area contributed by atoms with Crippen LogP contribution in [-0.4, -0.2) is 5.11 Å². The van der Waals surface area contributed by atoms with Gasteiger partial charge in [-0.2, -0.15) is 0 Å². The van der Waals surface area contributed by atoms with Gasteiger partial charge in [0.05, 0.1) is 4.47 Å². The summed E-state index contributed by atoms with van der Waals surface area (Å²) in [6.45, 7) is 4.29. The summed E-state index contributed by atoms with van der Waals surface area (Å²) in [5, 5.41) is 9.78. The molecule has 0 aromatic heterocycles. The van der Waals surface area contributed by atoms with E-state index < -0.39 is 0 Å². The maximum atomic E-state index is 9.78. The molecule has 0 unspecified atom stereocenters. The van der Waals surface area contributed by atoms with Crippen LogP contribution in [-0.2, 0) is 0 Å². The number of phenolic OH excluding ortho intramolecular Hbond substituents is 1. The molecule has 1 nitrogen and oxygen atoms in total. The molecule has 0 aliphatic carbocycles.